The summed E-state index contributed by atoms with van der Waals surface area (Å²) in [6.07, 6.45) is 1.61. The third-order valence-electron chi connectivity index (χ3n) is 4.62. The molecule has 31 heavy (non-hydrogen) atoms. The summed E-state index contributed by atoms with van der Waals surface area (Å²) in [5.41, 5.74) is 3.90. The number of methoxy groups -OCH3 is 1. The molecule has 0 saturated heterocycles. The molecule has 4 rings (SSSR count). The lowest BCUT2D eigenvalue weighted by atomic mass is 10.1. The van der Waals surface area contributed by atoms with Crippen molar-refractivity contribution in [2.24, 2.45) is 5.10 Å². The number of amides is 1. The monoisotopic (exact) mass is 446 g/mol. The third-order valence-corrected chi connectivity index (χ3v) is 5.89. The largest absolute Gasteiger partial charge is 0.496 e. The van der Waals surface area contributed by atoms with E-state index >= 15 is 0 Å². The van der Waals surface area contributed by atoms with Crippen molar-refractivity contribution < 1.29 is 9.53 Å². The van der Waals surface area contributed by atoms with Crippen LogP contribution in [0, 0.1) is 0 Å². The molecule has 0 unspecified atom stereocenters. The van der Waals surface area contributed by atoms with Gasteiger partial charge in [0.25, 0.3) is 5.91 Å². The van der Waals surface area contributed by atoms with E-state index in [4.69, 9.17) is 16.3 Å². The standard InChI is InChI=1S/C25H19ClN2O2S/c1-30-24-15-19-5-3-2-4-18(19)14-23(24)25(29)28-27-16-17-6-10-21(11-7-17)31-22-12-8-20(26)9-13-22/h2-16H,1H3,(H,28,29). The smallest absolute Gasteiger partial charge is 0.275 e. The van der Waals surface area contributed by atoms with Gasteiger partial charge in [-0.25, -0.2) is 5.43 Å². The average molecular weight is 447 g/mol. The molecule has 4 aromatic rings. The summed E-state index contributed by atoms with van der Waals surface area (Å²) in [5.74, 6) is 0.184. The van der Waals surface area contributed by atoms with Crippen molar-refractivity contribution in [2.75, 3.05) is 7.11 Å². The van der Waals surface area contributed by atoms with Crippen molar-refractivity contribution in [3.8, 4) is 5.75 Å². The van der Waals surface area contributed by atoms with E-state index in [1.807, 2.05) is 84.9 Å². The minimum atomic E-state index is -0.325. The van der Waals surface area contributed by atoms with Gasteiger partial charge in [0.15, 0.2) is 0 Å². The van der Waals surface area contributed by atoms with Gasteiger partial charge in [-0.1, -0.05) is 59.8 Å². The number of halogens is 1. The quantitative estimate of drug-likeness (QED) is 0.275. The first-order chi connectivity index (χ1) is 15.1. The van der Waals surface area contributed by atoms with Crippen LogP contribution in [0.3, 0.4) is 0 Å². The zero-order valence-corrected chi connectivity index (χ0v) is 18.3. The molecule has 0 heterocycles. The fourth-order valence-electron chi connectivity index (χ4n) is 3.05. The molecule has 0 aliphatic rings. The number of nitrogens with zero attached hydrogens (tertiary/aromatic N) is 1. The van der Waals surface area contributed by atoms with E-state index in [0.29, 0.717) is 11.3 Å². The molecule has 0 saturated carbocycles. The van der Waals surface area contributed by atoms with E-state index in [-0.39, 0.29) is 5.91 Å². The van der Waals surface area contributed by atoms with Crippen LogP contribution in [0.1, 0.15) is 15.9 Å². The molecule has 1 amide bonds. The minimum Gasteiger partial charge on any atom is -0.496 e. The van der Waals surface area contributed by atoms with Gasteiger partial charge in [0.05, 0.1) is 18.9 Å². The lowest BCUT2D eigenvalue weighted by molar-refractivity contribution is 0.0952. The Morgan fingerprint density at radius 1 is 0.935 bits per heavy atom. The lowest BCUT2D eigenvalue weighted by Crippen LogP contribution is -2.18. The summed E-state index contributed by atoms with van der Waals surface area (Å²) in [6, 6.07) is 27.1. The van der Waals surface area contributed by atoms with Crippen molar-refractivity contribution in [3.05, 3.63) is 101 Å². The van der Waals surface area contributed by atoms with Crippen LogP contribution in [-0.4, -0.2) is 19.2 Å². The summed E-state index contributed by atoms with van der Waals surface area (Å²) in [6.45, 7) is 0. The van der Waals surface area contributed by atoms with Gasteiger partial charge >= 0.3 is 0 Å². The first kappa shape index (κ1) is 21.0. The SMILES string of the molecule is COc1cc2ccccc2cc1C(=O)NN=Cc1ccc(Sc2ccc(Cl)cc2)cc1. The summed E-state index contributed by atoms with van der Waals surface area (Å²) in [7, 11) is 1.55. The highest BCUT2D eigenvalue weighted by Gasteiger charge is 2.13. The Kier molecular flexibility index (Phi) is 6.55. The van der Waals surface area contributed by atoms with Gasteiger partial charge < -0.3 is 4.74 Å². The Labute approximate surface area is 189 Å². The number of nitrogens with one attached hydrogen (secondary N) is 1. The Morgan fingerprint density at radius 3 is 2.19 bits per heavy atom. The minimum absolute atomic E-state index is 0.325. The van der Waals surface area contributed by atoms with Gasteiger partial charge in [0, 0.05) is 14.8 Å². The van der Waals surface area contributed by atoms with Crippen LogP contribution in [0.4, 0.5) is 0 Å². The maximum absolute atomic E-state index is 12.6. The van der Waals surface area contributed by atoms with Crippen molar-refractivity contribution in [1.82, 2.24) is 5.43 Å². The summed E-state index contributed by atoms with van der Waals surface area (Å²) in [4.78, 5) is 14.8. The Balaban J connectivity index is 1.42. The van der Waals surface area contributed by atoms with Crippen LogP contribution in [0.2, 0.25) is 5.02 Å². The van der Waals surface area contributed by atoms with E-state index in [2.05, 4.69) is 10.5 Å². The van der Waals surface area contributed by atoms with Gasteiger partial charge in [-0.15, -0.1) is 0 Å². The number of hydrogen-bond acceptors (Lipinski definition) is 4. The maximum Gasteiger partial charge on any atom is 0.275 e. The molecule has 0 radical (unpaired) electrons. The van der Waals surface area contributed by atoms with E-state index in [1.54, 1.807) is 25.1 Å². The zero-order chi connectivity index (χ0) is 21.6. The number of rotatable bonds is 6. The fraction of sp³-hybridized carbons (Fsp3) is 0.0400. The van der Waals surface area contributed by atoms with Gasteiger partial charge in [-0.3, -0.25) is 4.79 Å². The third kappa shape index (κ3) is 5.26. The molecule has 154 valence electrons. The second-order valence-corrected chi connectivity index (χ2v) is 8.31. The second kappa shape index (κ2) is 9.69. The highest BCUT2D eigenvalue weighted by atomic mass is 35.5. The first-order valence-electron chi connectivity index (χ1n) is 9.56. The number of hydrogen-bond donors (Lipinski definition) is 1. The van der Waals surface area contributed by atoms with Crippen LogP contribution in [0.15, 0.2) is 99.8 Å². The molecule has 4 nitrogen and oxygen atoms in total. The fourth-order valence-corrected chi connectivity index (χ4v) is 3.99. The average Bonchev–Trinajstić information content (AvgIpc) is 2.80. The lowest BCUT2D eigenvalue weighted by Gasteiger charge is -2.09. The molecule has 0 atom stereocenters. The van der Waals surface area contributed by atoms with E-state index in [1.165, 1.54) is 0 Å². The Morgan fingerprint density at radius 2 is 1.55 bits per heavy atom. The molecule has 0 fully saturated rings. The van der Waals surface area contributed by atoms with Crippen molar-refractivity contribution >= 4 is 46.3 Å². The molecule has 0 bridgehead atoms. The topological polar surface area (TPSA) is 50.7 Å². The van der Waals surface area contributed by atoms with Crippen LogP contribution in [0.25, 0.3) is 10.8 Å². The number of ether oxygens (including phenoxy) is 1. The van der Waals surface area contributed by atoms with Gasteiger partial charge in [0.1, 0.15) is 5.75 Å². The highest BCUT2D eigenvalue weighted by Crippen LogP contribution is 2.28. The number of carbonyl (C=O) groups excluding carboxylic acids is 1. The van der Waals surface area contributed by atoms with Crippen LogP contribution < -0.4 is 10.2 Å². The zero-order valence-electron chi connectivity index (χ0n) is 16.7. The molecular formula is C25H19ClN2O2S. The molecule has 0 aliphatic carbocycles. The van der Waals surface area contributed by atoms with Gasteiger partial charge in [-0.2, -0.15) is 5.10 Å². The molecule has 0 spiro atoms. The van der Waals surface area contributed by atoms with Crippen LogP contribution in [0.5, 0.6) is 5.75 Å². The van der Waals surface area contributed by atoms with E-state index in [9.17, 15) is 4.79 Å². The van der Waals surface area contributed by atoms with Crippen LogP contribution in [-0.2, 0) is 0 Å². The number of carbonyl (C=O) groups is 1. The van der Waals surface area contributed by atoms with Crippen LogP contribution >= 0.6 is 23.4 Å². The normalized spacial score (nSPS) is 11.0. The summed E-state index contributed by atoms with van der Waals surface area (Å²) >= 11 is 7.58. The molecule has 1 N–H and O–H groups in total. The second-order valence-electron chi connectivity index (χ2n) is 6.72. The molecule has 4 aromatic carbocycles. The predicted octanol–water partition coefficient (Wildman–Crippen LogP) is 6.42. The summed E-state index contributed by atoms with van der Waals surface area (Å²) in [5, 5.41) is 6.79. The number of hydrazone groups is 1. The first-order valence-corrected chi connectivity index (χ1v) is 10.8. The summed E-state index contributed by atoms with van der Waals surface area (Å²) < 4.78 is 5.39. The van der Waals surface area contributed by atoms with Crippen molar-refractivity contribution in [2.45, 2.75) is 9.79 Å². The van der Waals surface area contributed by atoms with Gasteiger partial charge in [0.2, 0.25) is 0 Å². The number of fused-ring (bicyclic) bond motifs is 1. The molecule has 6 heteroatoms. The van der Waals surface area contributed by atoms with Crippen molar-refractivity contribution in [3.63, 3.8) is 0 Å². The van der Waals surface area contributed by atoms with Gasteiger partial charge in [-0.05, 0) is 64.9 Å². The van der Waals surface area contributed by atoms with Crippen molar-refractivity contribution in [1.29, 1.82) is 0 Å². The molecular weight excluding hydrogens is 428 g/mol. The Bertz CT molecular complexity index is 1240. The number of benzene rings is 4. The molecule has 0 aliphatic heterocycles. The van der Waals surface area contributed by atoms with E-state index < -0.39 is 0 Å². The highest BCUT2D eigenvalue weighted by molar-refractivity contribution is 7.99. The molecule has 0 aromatic heterocycles. The Hall–Kier alpha value is -3.28. The predicted molar refractivity (Wildman–Crippen MR) is 128 cm³/mol. The maximum atomic E-state index is 12.6. The van der Waals surface area contributed by atoms with E-state index in [0.717, 1.165) is 31.1 Å².